The van der Waals surface area contributed by atoms with E-state index in [2.05, 4.69) is 5.32 Å². The Labute approximate surface area is 143 Å². The number of rotatable bonds is 7. The summed E-state index contributed by atoms with van der Waals surface area (Å²) in [6.45, 7) is 2.12. The molecule has 7 nitrogen and oxygen atoms in total. The first-order valence-corrected chi connectivity index (χ1v) is 7.40. The zero-order valence-electron chi connectivity index (χ0n) is 13.7. The van der Waals surface area contributed by atoms with E-state index in [4.69, 9.17) is 9.47 Å². The summed E-state index contributed by atoms with van der Waals surface area (Å²) in [4.78, 5) is 22.7. The Kier molecular flexibility index (Phi) is 6.02. The Morgan fingerprint density at radius 1 is 1.24 bits per heavy atom. The van der Waals surface area contributed by atoms with Gasteiger partial charge in [0.2, 0.25) is 0 Å². The number of nitrogens with zero attached hydrogens (tertiary/aromatic N) is 1. The van der Waals surface area contributed by atoms with Crippen LogP contribution in [0.3, 0.4) is 0 Å². The van der Waals surface area contributed by atoms with Crippen LogP contribution in [0.5, 0.6) is 5.75 Å². The number of hydrogen-bond donors (Lipinski definition) is 1. The Bertz CT molecular complexity index is 795. The van der Waals surface area contributed by atoms with Crippen LogP contribution in [0.1, 0.15) is 15.9 Å². The summed E-state index contributed by atoms with van der Waals surface area (Å²) in [7, 11) is 1.52. The van der Waals surface area contributed by atoms with Crippen molar-refractivity contribution in [3.8, 4) is 5.75 Å². The fraction of sp³-hybridized carbons (Fsp3) is 0.235. The first-order chi connectivity index (χ1) is 11.9. The molecule has 1 N–H and O–H groups in total. The summed E-state index contributed by atoms with van der Waals surface area (Å²) in [6.07, 6.45) is 0. The Hall–Kier alpha value is -3.00. The Balaban J connectivity index is 2.21. The van der Waals surface area contributed by atoms with Gasteiger partial charge in [-0.25, -0.2) is 4.39 Å². The maximum Gasteiger partial charge on any atom is 0.272 e. The molecular formula is C17H17FN2O5. The van der Waals surface area contributed by atoms with Crippen LogP contribution >= 0.6 is 0 Å². The van der Waals surface area contributed by atoms with Crippen molar-refractivity contribution < 1.29 is 23.6 Å². The molecule has 0 atom stereocenters. The number of nitro groups is 1. The number of ether oxygens (including phenoxy) is 2. The lowest BCUT2D eigenvalue weighted by atomic mass is 10.1. The molecule has 0 aliphatic carbocycles. The third-order valence-electron chi connectivity index (χ3n) is 3.39. The molecule has 0 spiro atoms. The van der Waals surface area contributed by atoms with Crippen molar-refractivity contribution in [1.29, 1.82) is 0 Å². The lowest BCUT2D eigenvalue weighted by Gasteiger charge is -2.13. The molecule has 2 aromatic rings. The number of benzene rings is 2. The fourth-order valence-corrected chi connectivity index (χ4v) is 2.16. The number of halogens is 1. The molecule has 0 aromatic heterocycles. The van der Waals surface area contributed by atoms with Gasteiger partial charge in [0, 0.05) is 30.4 Å². The molecule has 0 bridgehead atoms. The average molecular weight is 348 g/mol. The van der Waals surface area contributed by atoms with Gasteiger partial charge in [0.05, 0.1) is 17.2 Å². The molecule has 0 aliphatic heterocycles. The number of carbonyl (C=O) groups is 1. The third-order valence-corrected chi connectivity index (χ3v) is 3.39. The van der Waals surface area contributed by atoms with E-state index in [0.717, 1.165) is 6.07 Å². The van der Waals surface area contributed by atoms with Crippen molar-refractivity contribution in [3.05, 3.63) is 63.5 Å². The van der Waals surface area contributed by atoms with E-state index in [-0.39, 0.29) is 23.5 Å². The monoisotopic (exact) mass is 348 g/mol. The maximum absolute atomic E-state index is 13.5. The van der Waals surface area contributed by atoms with Crippen LogP contribution < -0.4 is 10.1 Å². The van der Waals surface area contributed by atoms with Gasteiger partial charge in [-0.3, -0.25) is 14.9 Å². The third kappa shape index (κ3) is 4.74. The highest BCUT2D eigenvalue weighted by molar-refractivity contribution is 6.05. The van der Waals surface area contributed by atoms with E-state index in [1.165, 1.54) is 44.4 Å². The van der Waals surface area contributed by atoms with Gasteiger partial charge < -0.3 is 14.8 Å². The molecule has 1 amide bonds. The summed E-state index contributed by atoms with van der Waals surface area (Å²) >= 11 is 0. The number of carbonyl (C=O) groups excluding carboxylic acids is 1. The first kappa shape index (κ1) is 18.3. The highest BCUT2D eigenvalue weighted by atomic mass is 19.1. The summed E-state index contributed by atoms with van der Waals surface area (Å²) in [5, 5.41) is 13.4. The van der Waals surface area contributed by atoms with E-state index in [1.54, 1.807) is 0 Å². The van der Waals surface area contributed by atoms with Crippen molar-refractivity contribution >= 4 is 17.3 Å². The molecule has 0 aliphatic rings. The molecule has 0 saturated heterocycles. The van der Waals surface area contributed by atoms with Gasteiger partial charge in [0.25, 0.3) is 11.6 Å². The second kappa shape index (κ2) is 8.20. The normalized spacial score (nSPS) is 10.4. The highest BCUT2D eigenvalue weighted by Crippen LogP contribution is 2.26. The molecule has 2 aromatic carbocycles. The zero-order valence-corrected chi connectivity index (χ0v) is 13.7. The summed E-state index contributed by atoms with van der Waals surface area (Å²) in [5.41, 5.74) is 0.659. The van der Waals surface area contributed by atoms with Crippen LogP contribution in [0.25, 0.3) is 0 Å². The van der Waals surface area contributed by atoms with Crippen LogP contribution in [0, 0.1) is 22.9 Å². The van der Waals surface area contributed by atoms with E-state index in [1.807, 2.05) is 0 Å². The number of aryl methyl sites for hydroxylation is 1. The quantitative estimate of drug-likeness (QED) is 0.471. The lowest BCUT2D eigenvalue weighted by Crippen LogP contribution is -2.14. The van der Waals surface area contributed by atoms with Crippen molar-refractivity contribution in [1.82, 2.24) is 0 Å². The zero-order chi connectivity index (χ0) is 18.4. The second-order valence-electron chi connectivity index (χ2n) is 5.19. The van der Waals surface area contributed by atoms with Crippen molar-refractivity contribution in [2.24, 2.45) is 0 Å². The minimum atomic E-state index is -0.533. The minimum absolute atomic E-state index is 0.0779. The number of methoxy groups -OCH3 is 1. The predicted octanol–water partition coefficient (Wildman–Crippen LogP) is 3.32. The van der Waals surface area contributed by atoms with Crippen molar-refractivity contribution in [2.75, 3.05) is 25.6 Å². The standard InChI is InChI=1S/C17H17FN2O5/c1-11-9-12(3-5-15(11)20(22)23)17(21)19-14-10-13(18)4-6-16(14)25-8-7-24-2/h3-6,9-10H,7-8H2,1-2H3,(H,19,21). The SMILES string of the molecule is COCCOc1ccc(F)cc1NC(=O)c1ccc([N+](=O)[O-])c(C)c1. The van der Waals surface area contributed by atoms with Gasteiger partial charge in [-0.05, 0) is 31.2 Å². The summed E-state index contributed by atoms with van der Waals surface area (Å²) in [6, 6.07) is 7.75. The molecule has 25 heavy (non-hydrogen) atoms. The molecule has 8 heteroatoms. The molecule has 0 heterocycles. The van der Waals surface area contributed by atoms with Gasteiger partial charge in [-0.1, -0.05) is 0 Å². The van der Waals surface area contributed by atoms with Crippen LogP contribution in [0.15, 0.2) is 36.4 Å². The number of nitro benzene ring substituents is 1. The van der Waals surface area contributed by atoms with E-state index < -0.39 is 16.6 Å². The topological polar surface area (TPSA) is 90.7 Å². The molecule has 0 fully saturated rings. The Morgan fingerprint density at radius 2 is 2.00 bits per heavy atom. The molecule has 0 radical (unpaired) electrons. The maximum atomic E-state index is 13.5. The van der Waals surface area contributed by atoms with E-state index in [0.29, 0.717) is 17.9 Å². The van der Waals surface area contributed by atoms with E-state index >= 15 is 0 Å². The first-order valence-electron chi connectivity index (χ1n) is 7.40. The number of anilines is 1. The van der Waals surface area contributed by atoms with E-state index in [9.17, 15) is 19.3 Å². The minimum Gasteiger partial charge on any atom is -0.489 e. The summed E-state index contributed by atoms with van der Waals surface area (Å²) in [5.74, 6) is -0.764. The van der Waals surface area contributed by atoms with Gasteiger partial charge in [0.1, 0.15) is 18.2 Å². The summed E-state index contributed by atoms with van der Waals surface area (Å²) < 4.78 is 23.8. The molecule has 2 rings (SSSR count). The molecule has 0 saturated carbocycles. The van der Waals surface area contributed by atoms with Gasteiger partial charge in [-0.2, -0.15) is 0 Å². The average Bonchev–Trinajstić information content (AvgIpc) is 2.56. The van der Waals surface area contributed by atoms with Gasteiger partial charge in [0.15, 0.2) is 0 Å². The van der Waals surface area contributed by atoms with Gasteiger partial charge >= 0.3 is 0 Å². The lowest BCUT2D eigenvalue weighted by molar-refractivity contribution is -0.385. The van der Waals surface area contributed by atoms with Gasteiger partial charge in [-0.15, -0.1) is 0 Å². The predicted molar refractivity (Wildman–Crippen MR) is 89.6 cm³/mol. The van der Waals surface area contributed by atoms with Crippen LogP contribution in [0.2, 0.25) is 0 Å². The highest BCUT2D eigenvalue weighted by Gasteiger charge is 2.15. The molecule has 132 valence electrons. The largest absolute Gasteiger partial charge is 0.489 e. The van der Waals surface area contributed by atoms with Crippen LogP contribution in [-0.4, -0.2) is 31.2 Å². The Morgan fingerprint density at radius 3 is 2.64 bits per heavy atom. The molecule has 0 unspecified atom stereocenters. The number of nitrogens with one attached hydrogen (secondary N) is 1. The van der Waals surface area contributed by atoms with Crippen LogP contribution in [-0.2, 0) is 4.74 Å². The molecular weight excluding hydrogens is 331 g/mol. The number of amides is 1. The number of hydrogen-bond acceptors (Lipinski definition) is 5. The second-order valence-corrected chi connectivity index (χ2v) is 5.19. The fourth-order valence-electron chi connectivity index (χ4n) is 2.16. The van der Waals surface area contributed by atoms with Crippen molar-refractivity contribution in [2.45, 2.75) is 6.92 Å². The van der Waals surface area contributed by atoms with Crippen molar-refractivity contribution in [3.63, 3.8) is 0 Å². The smallest absolute Gasteiger partial charge is 0.272 e. The van der Waals surface area contributed by atoms with Crippen LogP contribution in [0.4, 0.5) is 15.8 Å².